The van der Waals surface area contributed by atoms with Crippen molar-refractivity contribution in [3.8, 4) is 0 Å². The highest BCUT2D eigenvalue weighted by atomic mass is 32.1. The Bertz CT molecular complexity index is 458. The highest BCUT2D eigenvalue weighted by molar-refractivity contribution is 7.11. The third-order valence-electron chi connectivity index (χ3n) is 2.87. The number of ether oxygens (including phenoxy) is 1. The molecule has 0 saturated heterocycles. The van der Waals surface area contributed by atoms with E-state index in [4.69, 9.17) is 4.74 Å². The highest BCUT2D eigenvalue weighted by Crippen LogP contribution is 2.16. The molecule has 2 N–H and O–H groups in total. The lowest BCUT2D eigenvalue weighted by Gasteiger charge is -2.10. The standard InChI is InChI=1S/C15H25N3O2S/c1-4-12-8-9-13(21-12)11-18-15(16-3)17-10-6-7-14(19)20-5-2/h8-9H,4-7,10-11H2,1-3H3,(H2,16,17,18). The summed E-state index contributed by atoms with van der Waals surface area (Å²) >= 11 is 1.82. The summed E-state index contributed by atoms with van der Waals surface area (Å²) in [5.74, 6) is 0.609. The van der Waals surface area contributed by atoms with E-state index >= 15 is 0 Å². The van der Waals surface area contributed by atoms with E-state index in [1.165, 1.54) is 9.75 Å². The van der Waals surface area contributed by atoms with Crippen LogP contribution in [-0.4, -0.2) is 32.1 Å². The van der Waals surface area contributed by atoms with Gasteiger partial charge in [-0.1, -0.05) is 6.92 Å². The van der Waals surface area contributed by atoms with Crippen molar-refractivity contribution in [2.24, 2.45) is 4.99 Å². The Balaban J connectivity index is 2.21. The van der Waals surface area contributed by atoms with Gasteiger partial charge in [-0.3, -0.25) is 9.79 Å². The first-order chi connectivity index (χ1) is 10.2. The van der Waals surface area contributed by atoms with Gasteiger partial charge >= 0.3 is 5.97 Å². The van der Waals surface area contributed by atoms with Gasteiger partial charge in [-0.05, 0) is 31.9 Å². The molecular formula is C15H25N3O2S. The molecule has 1 heterocycles. The lowest BCUT2D eigenvalue weighted by atomic mass is 10.3. The fourth-order valence-electron chi connectivity index (χ4n) is 1.77. The number of guanidine groups is 1. The molecule has 6 heteroatoms. The maximum absolute atomic E-state index is 11.2. The molecule has 0 aliphatic heterocycles. The normalized spacial score (nSPS) is 11.3. The molecular weight excluding hydrogens is 286 g/mol. The van der Waals surface area contributed by atoms with Crippen molar-refractivity contribution in [3.05, 3.63) is 21.9 Å². The lowest BCUT2D eigenvalue weighted by Crippen LogP contribution is -2.37. The van der Waals surface area contributed by atoms with Crippen LogP contribution in [0.1, 0.15) is 36.4 Å². The first kappa shape index (κ1) is 17.5. The quantitative estimate of drug-likeness (QED) is 0.335. The van der Waals surface area contributed by atoms with Crippen LogP contribution in [0.25, 0.3) is 0 Å². The molecule has 0 unspecified atom stereocenters. The first-order valence-corrected chi connectivity index (χ1v) is 8.19. The van der Waals surface area contributed by atoms with E-state index in [9.17, 15) is 4.79 Å². The summed E-state index contributed by atoms with van der Waals surface area (Å²) in [6.45, 7) is 5.88. The summed E-state index contributed by atoms with van der Waals surface area (Å²) in [6, 6.07) is 4.31. The molecule has 5 nitrogen and oxygen atoms in total. The zero-order valence-electron chi connectivity index (χ0n) is 13.1. The molecule has 0 atom stereocenters. The SMILES string of the molecule is CCOC(=O)CCCNC(=NC)NCc1ccc(CC)s1. The van der Waals surface area contributed by atoms with E-state index in [1.807, 2.05) is 18.3 Å². The second-order valence-electron chi connectivity index (χ2n) is 4.48. The summed E-state index contributed by atoms with van der Waals surface area (Å²) in [5, 5.41) is 6.46. The molecule has 118 valence electrons. The Hall–Kier alpha value is -1.56. The number of aliphatic imine (C=N–C) groups is 1. The second-order valence-corrected chi connectivity index (χ2v) is 5.74. The van der Waals surface area contributed by atoms with Gasteiger partial charge in [0, 0.05) is 29.8 Å². The van der Waals surface area contributed by atoms with E-state index in [2.05, 4.69) is 34.7 Å². The molecule has 1 aromatic heterocycles. The third-order valence-corrected chi connectivity index (χ3v) is 4.10. The van der Waals surface area contributed by atoms with Gasteiger partial charge in [0.2, 0.25) is 0 Å². The average Bonchev–Trinajstić information content (AvgIpc) is 2.95. The summed E-state index contributed by atoms with van der Waals surface area (Å²) in [6.07, 6.45) is 2.24. The van der Waals surface area contributed by atoms with E-state index in [0.29, 0.717) is 19.6 Å². The van der Waals surface area contributed by atoms with Crippen molar-refractivity contribution in [2.45, 2.75) is 39.7 Å². The fourth-order valence-corrected chi connectivity index (χ4v) is 2.67. The van der Waals surface area contributed by atoms with E-state index in [1.54, 1.807) is 7.05 Å². The minimum absolute atomic E-state index is 0.145. The van der Waals surface area contributed by atoms with Gasteiger partial charge in [0.05, 0.1) is 13.2 Å². The van der Waals surface area contributed by atoms with E-state index in [0.717, 1.165) is 25.3 Å². The van der Waals surface area contributed by atoms with Crippen LogP contribution in [-0.2, 0) is 22.5 Å². The Morgan fingerprint density at radius 2 is 2.05 bits per heavy atom. The number of nitrogens with one attached hydrogen (secondary N) is 2. The van der Waals surface area contributed by atoms with Gasteiger partial charge < -0.3 is 15.4 Å². The zero-order chi connectivity index (χ0) is 15.5. The Kier molecular flexibility index (Phi) is 8.50. The summed E-state index contributed by atoms with van der Waals surface area (Å²) in [4.78, 5) is 18.1. The number of hydrogen-bond acceptors (Lipinski definition) is 4. The summed E-state index contributed by atoms with van der Waals surface area (Å²) in [7, 11) is 1.74. The predicted octanol–water partition coefficient (Wildman–Crippen LogP) is 2.32. The van der Waals surface area contributed by atoms with Crippen LogP contribution in [0.2, 0.25) is 0 Å². The van der Waals surface area contributed by atoms with Crippen molar-refractivity contribution in [3.63, 3.8) is 0 Å². The molecule has 0 fully saturated rings. The Labute approximate surface area is 130 Å². The summed E-state index contributed by atoms with van der Waals surface area (Å²) < 4.78 is 4.88. The minimum atomic E-state index is -0.145. The number of aryl methyl sites for hydroxylation is 1. The van der Waals surface area contributed by atoms with Crippen molar-refractivity contribution in [2.75, 3.05) is 20.2 Å². The Morgan fingerprint density at radius 3 is 2.67 bits per heavy atom. The molecule has 0 aliphatic rings. The predicted molar refractivity (Wildman–Crippen MR) is 87.8 cm³/mol. The van der Waals surface area contributed by atoms with Crippen LogP contribution < -0.4 is 10.6 Å². The number of hydrogen-bond donors (Lipinski definition) is 2. The van der Waals surface area contributed by atoms with Gasteiger partial charge in [0.15, 0.2) is 5.96 Å². The van der Waals surface area contributed by atoms with Crippen molar-refractivity contribution < 1.29 is 9.53 Å². The van der Waals surface area contributed by atoms with Gasteiger partial charge in [-0.25, -0.2) is 0 Å². The molecule has 1 aromatic rings. The van der Waals surface area contributed by atoms with Crippen LogP contribution in [0, 0.1) is 0 Å². The van der Waals surface area contributed by atoms with Gasteiger partial charge in [-0.15, -0.1) is 11.3 Å². The fraction of sp³-hybridized carbons (Fsp3) is 0.600. The zero-order valence-corrected chi connectivity index (χ0v) is 13.9. The molecule has 1 rings (SSSR count). The maximum Gasteiger partial charge on any atom is 0.305 e. The van der Waals surface area contributed by atoms with Crippen molar-refractivity contribution >= 4 is 23.3 Å². The van der Waals surface area contributed by atoms with Crippen molar-refractivity contribution in [1.82, 2.24) is 10.6 Å². The van der Waals surface area contributed by atoms with E-state index < -0.39 is 0 Å². The second kappa shape index (κ2) is 10.2. The van der Waals surface area contributed by atoms with E-state index in [-0.39, 0.29) is 5.97 Å². The minimum Gasteiger partial charge on any atom is -0.466 e. The molecule has 0 aliphatic carbocycles. The molecule has 21 heavy (non-hydrogen) atoms. The number of esters is 1. The number of carbonyl (C=O) groups excluding carboxylic acids is 1. The van der Waals surface area contributed by atoms with Crippen LogP contribution >= 0.6 is 11.3 Å². The molecule has 0 amide bonds. The molecule has 0 radical (unpaired) electrons. The number of carbonyl (C=O) groups is 1. The smallest absolute Gasteiger partial charge is 0.305 e. The average molecular weight is 311 g/mol. The van der Waals surface area contributed by atoms with Crippen LogP contribution in [0.15, 0.2) is 17.1 Å². The maximum atomic E-state index is 11.2. The summed E-state index contributed by atoms with van der Waals surface area (Å²) in [5.41, 5.74) is 0. The first-order valence-electron chi connectivity index (χ1n) is 7.37. The highest BCUT2D eigenvalue weighted by Gasteiger charge is 2.03. The van der Waals surface area contributed by atoms with Gasteiger partial charge in [-0.2, -0.15) is 0 Å². The lowest BCUT2D eigenvalue weighted by molar-refractivity contribution is -0.143. The van der Waals surface area contributed by atoms with Gasteiger partial charge in [0.25, 0.3) is 0 Å². The number of thiophene rings is 1. The number of rotatable bonds is 8. The molecule has 0 bridgehead atoms. The molecule has 0 saturated carbocycles. The number of nitrogens with zero attached hydrogens (tertiary/aromatic N) is 1. The third kappa shape index (κ3) is 7.13. The van der Waals surface area contributed by atoms with Crippen LogP contribution in [0.4, 0.5) is 0 Å². The van der Waals surface area contributed by atoms with Crippen LogP contribution in [0.3, 0.4) is 0 Å². The topological polar surface area (TPSA) is 62.7 Å². The monoisotopic (exact) mass is 311 g/mol. The largest absolute Gasteiger partial charge is 0.466 e. The molecule has 0 aromatic carbocycles. The van der Waals surface area contributed by atoms with Crippen molar-refractivity contribution in [1.29, 1.82) is 0 Å². The Morgan fingerprint density at radius 1 is 1.29 bits per heavy atom. The molecule has 0 spiro atoms. The van der Waals surface area contributed by atoms with Gasteiger partial charge in [0.1, 0.15) is 0 Å². The van der Waals surface area contributed by atoms with Crippen LogP contribution in [0.5, 0.6) is 0 Å².